The van der Waals surface area contributed by atoms with E-state index in [0.29, 0.717) is 12.8 Å². The number of rotatable bonds is 38. The molecule has 0 saturated heterocycles. The number of quaternary nitrogens is 1. The van der Waals surface area contributed by atoms with Crippen LogP contribution in [0.25, 0.3) is 0 Å². The topological polar surface area (TPSA) is 102 Å². The maximum absolute atomic E-state index is 12.7. The third-order valence-electron chi connectivity index (χ3n) is 9.60. The van der Waals surface area contributed by atoms with Gasteiger partial charge in [-0.25, -0.2) is 0 Å². The molecule has 2 unspecified atom stereocenters. The van der Waals surface area contributed by atoms with Crippen LogP contribution in [0.2, 0.25) is 0 Å². The zero-order chi connectivity index (χ0) is 38.5. The number of esters is 2. The van der Waals surface area contributed by atoms with Crippen molar-refractivity contribution in [2.45, 2.75) is 199 Å². The number of hydrogen-bond acceptors (Lipinski definition) is 7. The van der Waals surface area contributed by atoms with Gasteiger partial charge in [0.2, 0.25) is 0 Å². The first-order chi connectivity index (χ1) is 25.1. The molecule has 0 aromatic carbocycles. The number of likely N-dealkylation sites (N-methyl/N-ethyl adjacent to an activating group) is 1. The lowest BCUT2D eigenvalue weighted by Crippen LogP contribution is -2.55. The molecule has 0 aliphatic carbocycles. The molecule has 8 nitrogen and oxygen atoms in total. The number of carboxylic acids is 1. The normalized spacial score (nSPS) is 13.2. The standard InChI is InChI=1S/C44H81NO7/c1-6-8-10-12-14-16-17-18-19-20-21-22-23-24-25-27-29-31-33-35-43(47)52-40(38-50-37-36-41(44(48)49)45(3,4)5)39-51-42(46)34-32-30-28-26-15-13-11-9-7-2/h9,11,15,26,40-41H,6-8,10,12-14,16-25,27-39H2,1-5H3/b11-9+,26-15+. The molecule has 0 saturated carbocycles. The summed E-state index contributed by atoms with van der Waals surface area (Å²) in [4.78, 5) is 36.7. The molecule has 0 radical (unpaired) electrons. The number of aliphatic carboxylic acids is 1. The summed E-state index contributed by atoms with van der Waals surface area (Å²) in [6, 6.07) is -0.726. The zero-order valence-electron chi connectivity index (χ0n) is 34.5. The average molecular weight is 736 g/mol. The quantitative estimate of drug-likeness (QED) is 0.0269. The van der Waals surface area contributed by atoms with E-state index < -0.39 is 18.1 Å². The highest BCUT2D eigenvalue weighted by molar-refractivity contribution is 5.70. The van der Waals surface area contributed by atoms with Crippen LogP contribution in [0.3, 0.4) is 0 Å². The molecule has 0 N–H and O–H groups in total. The molecule has 0 amide bonds. The van der Waals surface area contributed by atoms with Gasteiger partial charge < -0.3 is 28.6 Å². The molecule has 0 aromatic heterocycles. The van der Waals surface area contributed by atoms with Crippen molar-refractivity contribution in [2.24, 2.45) is 0 Å². The van der Waals surface area contributed by atoms with Crippen molar-refractivity contribution in [1.29, 1.82) is 0 Å². The summed E-state index contributed by atoms with van der Waals surface area (Å²) in [7, 11) is 5.39. The first-order valence-electron chi connectivity index (χ1n) is 21.4. The second-order valence-corrected chi connectivity index (χ2v) is 15.6. The molecule has 0 rings (SSSR count). The van der Waals surface area contributed by atoms with Crippen LogP contribution in [0.4, 0.5) is 0 Å². The number of hydrogen-bond donors (Lipinski definition) is 0. The van der Waals surface area contributed by atoms with E-state index >= 15 is 0 Å². The summed E-state index contributed by atoms with van der Waals surface area (Å²) in [5, 5.41) is 11.6. The molecule has 52 heavy (non-hydrogen) atoms. The number of allylic oxidation sites excluding steroid dienone is 4. The van der Waals surface area contributed by atoms with Crippen LogP contribution < -0.4 is 5.11 Å². The lowest BCUT2D eigenvalue weighted by Gasteiger charge is -2.34. The van der Waals surface area contributed by atoms with Gasteiger partial charge in [0.05, 0.1) is 40.3 Å². The SMILES string of the molecule is CC/C=C/C/C=C/CCCCC(=O)OCC(COCCC(C(=O)[O-])[N+](C)(C)C)OC(=O)CCCCCCCCCCCCCCCCCCCCC. The Morgan fingerprint density at radius 3 is 1.58 bits per heavy atom. The number of carboxylic acid groups (broad SMARTS) is 1. The Labute approximate surface area is 320 Å². The number of nitrogens with zero attached hydrogens (tertiary/aromatic N) is 1. The Kier molecular flexibility index (Phi) is 34.3. The van der Waals surface area contributed by atoms with Gasteiger partial charge in [0.1, 0.15) is 12.6 Å². The summed E-state index contributed by atoms with van der Waals surface area (Å²) in [5.41, 5.74) is 0. The lowest BCUT2D eigenvalue weighted by molar-refractivity contribution is -0.889. The first-order valence-corrected chi connectivity index (χ1v) is 21.4. The fourth-order valence-electron chi connectivity index (χ4n) is 6.28. The predicted octanol–water partition coefficient (Wildman–Crippen LogP) is 9.97. The minimum Gasteiger partial charge on any atom is -0.544 e. The van der Waals surface area contributed by atoms with Gasteiger partial charge in [-0.15, -0.1) is 0 Å². The zero-order valence-corrected chi connectivity index (χ0v) is 34.5. The van der Waals surface area contributed by atoms with Crippen LogP contribution in [0.1, 0.15) is 187 Å². The third-order valence-corrected chi connectivity index (χ3v) is 9.60. The summed E-state index contributed by atoms with van der Waals surface area (Å²) in [5.74, 6) is -1.77. The van der Waals surface area contributed by atoms with Crippen molar-refractivity contribution in [3.63, 3.8) is 0 Å². The maximum atomic E-state index is 12.7. The highest BCUT2D eigenvalue weighted by Gasteiger charge is 2.25. The molecule has 0 bridgehead atoms. The number of ether oxygens (including phenoxy) is 3. The maximum Gasteiger partial charge on any atom is 0.306 e. The summed E-state index contributed by atoms with van der Waals surface area (Å²) < 4.78 is 17.1. The van der Waals surface area contributed by atoms with Crippen molar-refractivity contribution in [3.05, 3.63) is 24.3 Å². The Bertz CT molecular complexity index is 911. The van der Waals surface area contributed by atoms with E-state index in [9.17, 15) is 19.5 Å². The smallest absolute Gasteiger partial charge is 0.306 e. The summed E-state index contributed by atoms with van der Waals surface area (Å²) in [6.07, 6.45) is 37.9. The van der Waals surface area contributed by atoms with Crippen LogP contribution in [0.15, 0.2) is 24.3 Å². The molecule has 0 spiro atoms. The Balaban J connectivity index is 4.26. The Morgan fingerprint density at radius 2 is 1.08 bits per heavy atom. The Hall–Kier alpha value is -2.19. The predicted molar refractivity (Wildman–Crippen MR) is 213 cm³/mol. The average Bonchev–Trinajstić information content (AvgIpc) is 3.09. The van der Waals surface area contributed by atoms with Gasteiger partial charge in [0.15, 0.2) is 6.10 Å². The molecule has 304 valence electrons. The number of unbranched alkanes of at least 4 members (excludes halogenated alkanes) is 20. The largest absolute Gasteiger partial charge is 0.544 e. The second kappa shape index (κ2) is 35.8. The van der Waals surface area contributed by atoms with E-state index in [4.69, 9.17) is 14.2 Å². The fraction of sp³-hybridized carbons (Fsp3) is 0.841. The lowest BCUT2D eigenvalue weighted by atomic mass is 10.0. The van der Waals surface area contributed by atoms with Crippen molar-refractivity contribution in [3.8, 4) is 0 Å². The van der Waals surface area contributed by atoms with Crippen LogP contribution in [-0.2, 0) is 28.6 Å². The van der Waals surface area contributed by atoms with Gasteiger partial charge in [0.25, 0.3) is 0 Å². The minimum atomic E-state index is -1.13. The summed E-state index contributed by atoms with van der Waals surface area (Å²) >= 11 is 0. The molecule has 0 heterocycles. The van der Waals surface area contributed by atoms with Crippen LogP contribution in [0.5, 0.6) is 0 Å². The van der Waals surface area contributed by atoms with Crippen molar-refractivity contribution in [2.75, 3.05) is 41.0 Å². The molecular formula is C44H81NO7. The van der Waals surface area contributed by atoms with E-state index in [0.717, 1.165) is 51.4 Å². The van der Waals surface area contributed by atoms with Crippen molar-refractivity contribution < 1.29 is 38.2 Å². The van der Waals surface area contributed by atoms with E-state index in [1.54, 1.807) is 21.1 Å². The molecule has 2 atom stereocenters. The second-order valence-electron chi connectivity index (χ2n) is 15.6. The van der Waals surface area contributed by atoms with Crippen LogP contribution in [-0.4, -0.2) is 75.5 Å². The monoisotopic (exact) mass is 736 g/mol. The van der Waals surface area contributed by atoms with Gasteiger partial charge in [-0.1, -0.05) is 154 Å². The molecule has 8 heteroatoms. The van der Waals surface area contributed by atoms with Crippen LogP contribution in [0, 0.1) is 0 Å². The van der Waals surface area contributed by atoms with Crippen molar-refractivity contribution in [1.82, 2.24) is 0 Å². The van der Waals surface area contributed by atoms with Gasteiger partial charge >= 0.3 is 11.9 Å². The Morgan fingerprint density at radius 1 is 0.596 bits per heavy atom. The number of carbonyl (C=O) groups excluding carboxylic acids is 3. The molecular weight excluding hydrogens is 654 g/mol. The molecule has 0 aliphatic heterocycles. The molecule has 0 aliphatic rings. The van der Waals surface area contributed by atoms with E-state index in [2.05, 4.69) is 38.2 Å². The first kappa shape index (κ1) is 49.8. The summed E-state index contributed by atoms with van der Waals surface area (Å²) in [6.45, 7) is 4.51. The fourth-order valence-corrected chi connectivity index (χ4v) is 6.28. The van der Waals surface area contributed by atoms with Crippen LogP contribution >= 0.6 is 0 Å². The highest BCUT2D eigenvalue weighted by atomic mass is 16.6. The highest BCUT2D eigenvalue weighted by Crippen LogP contribution is 2.15. The van der Waals surface area contributed by atoms with Crippen molar-refractivity contribution >= 4 is 17.9 Å². The van der Waals surface area contributed by atoms with Gasteiger partial charge in [0, 0.05) is 19.3 Å². The van der Waals surface area contributed by atoms with E-state index in [1.807, 2.05) is 0 Å². The van der Waals surface area contributed by atoms with Gasteiger partial charge in [-0.3, -0.25) is 9.59 Å². The van der Waals surface area contributed by atoms with Gasteiger partial charge in [-0.2, -0.15) is 0 Å². The van der Waals surface area contributed by atoms with E-state index in [-0.39, 0.29) is 42.7 Å². The number of carbonyl (C=O) groups is 3. The molecule has 0 fully saturated rings. The minimum absolute atomic E-state index is 0.0341. The van der Waals surface area contributed by atoms with Gasteiger partial charge in [-0.05, 0) is 38.5 Å². The third kappa shape index (κ3) is 33.6. The molecule has 0 aromatic rings. The van der Waals surface area contributed by atoms with E-state index in [1.165, 1.54) is 103 Å².